The Hall–Kier alpha value is -2.71. The molecule has 1 atom stereocenters. The Morgan fingerprint density at radius 3 is 2.67 bits per heavy atom. The molecule has 0 fully saturated rings. The fourth-order valence-electron chi connectivity index (χ4n) is 1.88. The molecule has 0 aliphatic heterocycles. The van der Waals surface area contributed by atoms with E-state index in [-0.39, 0.29) is 18.1 Å². The number of aliphatic hydroxyl groups excluding tert-OH is 1. The van der Waals surface area contributed by atoms with Gasteiger partial charge in [0.2, 0.25) is 0 Å². The van der Waals surface area contributed by atoms with Gasteiger partial charge in [0.1, 0.15) is 11.8 Å². The molecule has 5 nitrogen and oxygen atoms in total. The average molecular weight is 281 g/mol. The molecule has 0 saturated heterocycles. The number of rotatable bonds is 4. The summed E-state index contributed by atoms with van der Waals surface area (Å²) in [5, 5.41) is 21.4. The zero-order valence-electron chi connectivity index (χ0n) is 11.6. The van der Waals surface area contributed by atoms with Crippen LogP contribution in [0, 0.1) is 18.3 Å². The van der Waals surface area contributed by atoms with Gasteiger partial charge in [-0.25, -0.2) is 4.98 Å². The number of aromatic nitrogens is 1. The van der Waals surface area contributed by atoms with Gasteiger partial charge in [0.05, 0.1) is 17.4 Å². The van der Waals surface area contributed by atoms with Gasteiger partial charge in [-0.3, -0.25) is 4.79 Å². The molecule has 2 aromatic rings. The van der Waals surface area contributed by atoms with E-state index in [0.717, 1.165) is 5.56 Å². The number of pyridine rings is 1. The van der Waals surface area contributed by atoms with Crippen molar-refractivity contribution in [3.8, 4) is 6.07 Å². The van der Waals surface area contributed by atoms with Crippen LogP contribution in [-0.2, 0) is 0 Å². The lowest BCUT2D eigenvalue weighted by Gasteiger charge is -2.12. The highest BCUT2D eigenvalue weighted by Crippen LogP contribution is 2.11. The molecule has 0 aliphatic carbocycles. The zero-order valence-corrected chi connectivity index (χ0v) is 11.6. The van der Waals surface area contributed by atoms with Crippen LogP contribution in [0.25, 0.3) is 0 Å². The maximum absolute atomic E-state index is 12.0. The van der Waals surface area contributed by atoms with Crippen molar-refractivity contribution < 1.29 is 9.90 Å². The first-order valence-electron chi connectivity index (χ1n) is 6.50. The summed E-state index contributed by atoms with van der Waals surface area (Å²) in [6, 6.07) is 14.2. The molecule has 1 heterocycles. The summed E-state index contributed by atoms with van der Waals surface area (Å²) in [6.45, 7) is 1.78. The smallest absolute Gasteiger partial charge is 0.269 e. The van der Waals surface area contributed by atoms with Crippen molar-refractivity contribution in [3.63, 3.8) is 0 Å². The van der Waals surface area contributed by atoms with Crippen LogP contribution >= 0.6 is 0 Å². The predicted octanol–water partition coefficient (Wildman–Crippen LogP) is 1.73. The molecule has 0 bridgehead atoms. The van der Waals surface area contributed by atoms with E-state index in [9.17, 15) is 9.90 Å². The first-order chi connectivity index (χ1) is 10.1. The Morgan fingerprint density at radius 1 is 1.33 bits per heavy atom. The van der Waals surface area contributed by atoms with Gasteiger partial charge in [-0.1, -0.05) is 30.3 Å². The van der Waals surface area contributed by atoms with Crippen LogP contribution in [-0.4, -0.2) is 22.5 Å². The monoisotopic (exact) mass is 281 g/mol. The predicted molar refractivity (Wildman–Crippen MR) is 77.4 cm³/mol. The topological polar surface area (TPSA) is 86.0 Å². The maximum Gasteiger partial charge on any atom is 0.269 e. The molecule has 0 saturated carbocycles. The van der Waals surface area contributed by atoms with Gasteiger partial charge in [0.15, 0.2) is 0 Å². The molecule has 0 spiro atoms. The second-order valence-corrected chi connectivity index (χ2v) is 4.58. The number of carbonyl (C=O) groups excluding carboxylic acids is 1. The van der Waals surface area contributed by atoms with Crippen LogP contribution in [0.2, 0.25) is 0 Å². The minimum Gasteiger partial charge on any atom is -0.387 e. The number of nitrogens with zero attached hydrogens (tertiary/aromatic N) is 2. The Kier molecular flexibility index (Phi) is 4.64. The number of hydrogen-bond acceptors (Lipinski definition) is 4. The highest BCUT2D eigenvalue weighted by Gasteiger charge is 2.12. The molecule has 1 aromatic carbocycles. The normalized spacial score (nSPS) is 11.5. The third-order valence-electron chi connectivity index (χ3n) is 3.08. The largest absolute Gasteiger partial charge is 0.387 e. The Bertz CT molecular complexity index is 678. The Labute approximate surface area is 122 Å². The SMILES string of the molecule is Cc1nc(C(=O)NCC(O)c2ccccc2)ccc1C#N. The minimum absolute atomic E-state index is 0.101. The van der Waals surface area contributed by atoms with Crippen molar-refractivity contribution in [2.24, 2.45) is 0 Å². The third-order valence-corrected chi connectivity index (χ3v) is 3.08. The average Bonchev–Trinajstić information content (AvgIpc) is 2.53. The summed E-state index contributed by atoms with van der Waals surface area (Å²) in [5.74, 6) is -0.377. The van der Waals surface area contributed by atoms with E-state index in [2.05, 4.69) is 10.3 Å². The van der Waals surface area contributed by atoms with E-state index in [0.29, 0.717) is 11.3 Å². The van der Waals surface area contributed by atoms with Gasteiger partial charge in [-0.2, -0.15) is 5.26 Å². The Morgan fingerprint density at radius 2 is 2.05 bits per heavy atom. The number of carbonyl (C=O) groups is 1. The van der Waals surface area contributed by atoms with Gasteiger partial charge in [0.25, 0.3) is 5.91 Å². The van der Waals surface area contributed by atoms with Crippen LogP contribution < -0.4 is 5.32 Å². The second-order valence-electron chi connectivity index (χ2n) is 4.58. The minimum atomic E-state index is -0.769. The van der Waals surface area contributed by atoms with Crippen LogP contribution in [0.4, 0.5) is 0 Å². The first-order valence-corrected chi connectivity index (χ1v) is 6.50. The van der Waals surface area contributed by atoms with E-state index in [1.54, 1.807) is 25.1 Å². The van der Waals surface area contributed by atoms with Crippen molar-refractivity contribution in [3.05, 3.63) is 65.0 Å². The summed E-state index contributed by atoms with van der Waals surface area (Å²) >= 11 is 0. The fourth-order valence-corrected chi connectivity index (χ4v) is 1.88. The number of aliphatic hydroxyl groups is 1. The van der Waals surface area contributed by atoms with Crippen LogP contribution in [0.15, 0.2) is 42.5 Å². The number of amides is 1. The quantitative estimate of drug-likeness (QED) is 0.893. The van der Waals surface area contributed by atoms with Crippen molar-refractivity contribution in [2.75, 3.05) is 6.54 Å². The number of nitrogens with one attached hydrogen (secondary N) is 1. The lowest BCUT2D eigenvalue weighted by atomic mass is 10.1. The fraction of sp³-hybridized carbons (Fsp3) is 0.188. The molecular formula is C16H15N3O2. The van der Waals surface area contributed by atoms with E-state index < -0.39 is 6.10 Å². The molecule has 5 heteroatoms. The number of benzene rings is 1. The highest BCUT2D eigenvalue weighted by atomic mass is 16.3. The molecule has 21 heavy (non-hydrogen) atoms. The molecule has 2 N–H and O–H groups in total. The number of aryl methyl sites for hydroxylation is 1. The van der Waals surface area contributed by atoms with Crippen molar-refractivity contribution in [1.29, 1.82) is 5.26 Å². The van der Waals surface area contributed by atoms with Crippen LogP contribution in [0.5, 0.6) is 0 Å². The molecule has 0 radical (unpaired) electrons. The molecule has 1 amide bonds. The van der Waals surface area contributed by atoms with Gasteiger partial charge in [-0.15, -0.1) is 0 Å². The van der Waals surface area contributed by atoms with Gasteiger partial charge in [-0.05, 0) is 24.6 Å². The molecule has 2 rings (SSSR count). The summed E-state index contributed by atoms with van der Waals surface area (Å²) < 4.78 is 0. The van der Waals surface area contributed by atoms with Crippen molar-refractivity contribution in [1.82, 2.24) is 10.3 Å². The standard InChI is InChI=1S/C16H15N3O2/c1-11-13(9-17)7-8-14(19-11)16(21)18-10-15(20)12-5-3-2-4-6-12/h2-8,15,20H,10H2,1H3,(H,18,21). The molecule has 0 aliphatic rings. The molecule has 106 valence electrons. The van der Waals surface area contributed by atoms with Crippen LogP contribution in [0.3, 0.4) is 0 Å². The Balaban J connectivity index is 1.99. The van der Waals surface area contributed by atoms with Crippen LogP contribution in [0.1, 0.15) is 33.4 Å². The van der Waals surface area contributed by atoms with E-state index >= 15 is 0 Å². The van der Waals surface area contributed by atoms with Crippen molar-refractivity contribution >= 4 is 5.91 Å². The molecule has 1 unspecified atom stereocenters. The summed E-state index contributed by atoms with van der Waals surface area (Å²) in [7, 11) is 0. The first kappa shape index (κ1) is 14.7. The second kappa shape index (κ2) is 6.64. The summed E-state index contributed by atoms with van der Waals surface area (Å²) in [4.78, 5) is 16.0. The van der Waals surface area contributed by atoms with Gasteiger partial charge >= 0.3 is 0 Å². The van der Waals surface area contributed by atoms with E-state index in [4.69, 9.17) is 5.26 Å². The lowest BCUT2D eigenvalue weighted by molar-refractivity contribution is 0.0911. The molecular weight excluding hydrogens is 266 g/mol. The van der Waals surface area contributed by atoms with E-state index in [1.165, 1.54) is 6.07 Å². The number of nitriles is 1. The van der Waals surface area contributed by atoms with E-state index in [1.807, 2.05) is 24.3 Å². The lowest BCUT2D eigenvalue weighted by Crippen LogP contribution is -2.29. The van der Waals surface area contributed by atoms with Gasteiger partial charge < -0.3 is 10.4 Å². The van der Waals surface area contributed by atoms with Crippen molar-refractivity contribution in [2.45, 2.75) is 13.0 Å². The third kappa shape index (κ3) is 3.65. The number of hydrogen-bond donors (Lipinski definition) is 2. The molecule has 1 aromatic heterocycles. The maximum atomic E-state index is 12.0. The summed E-state index contributed by atoms with van der Waals surface area (Å²) in [5.41, 5.74) is 1.91. The zero-order chi connectivity index (χ0) is 15.2. The van der Waals surface area contributed by atoms with Gasteiger partial charge in [0, 0.05) is 6.54 Å². The summed E-state index contributed by atoms with van der Waals surface area (Å²) in [6.07, 6.45) is -0.769. The highest BCUT2D eigenvalue weighted by molar-refractivity contribution is 5.92.